The van der Waals surface area contributed by atoms with E-state index < -0.39 is 22.3 Å². The van der Waals surface area contributed by atoms with Crippen LogP contribution in [0.25, 0.3) is 0 Å². The molecule has 11 heteroatoms. The van der Waals surface area contributed by atoms with Gasteiger partial charge < -0.3 is 24.9 Å². The Kier molecular flexibility index (Phi) is 7.43. The van der Waals surface area contributed by atoms with Crippen LogP contribution in [0.2, 0.25) is 0 Å². The molecule has 0 aliphatic carbocycles. The molecular weight excluding hydrogens is 516 g/mol. The number of carbonyl (C=O) groups excluding carboxylic acids is 3. The van der Waals surface area contributed by atoms with Crippen molar-refractivity contribution in [2.75, 3.05) is 29.5 Å². The number of amides is 3. The second kappa shape index (κ2) is 10.8. The van der Waals surface area contributed by atoms with Gasteiger partial charge in [0.25, 0.3) is 11.6 Å². The lowest BCUT2D eigenvalue weighted by molar-refractivity contribution is -0.385. The number of β-lactam (4-membered cyclic amide) rings is 1. The quantitative estimate of drug-likeness (QED) is 0.212. The fraction of sp³-hybridized carbons (Fsp3) is 0.414. The average molecular weight is 549 g/mol. The molecule has 2 saturated heterocycles. The summed E-state index contributed by atoms with van der Waals surface area (Å²) in [5.41, 5.74) is -0.279. The molecule has 3 heterocycles. The predicted molar refractivity (Wildman–Crippen MR) is 146 cm³/mol. The molecule has 3 aliphatic heterocycles. The van der Waals surface area contributed by atoms with E-state index in [1.54, 1.807) is 41.0 Å². The van der Waals surface area contributed by atoms with Gasteiger partial charge in [0.2, 0.25) is 11.8 Å². The molecular formula is C29H32N4O7. The summed E-state index contributed by atoms with van der Waals surface area (Å²) < 4.78 is 0. The first-order valence-electron chi connectivity index (χ1n) is 13.4. The molecule has 40 heavy (non-hydrogen) atoms. The monoisotopic (exact) mass is 548 g/mol. The number of benzene rings is 2. The molecule has 2 fully saturated rings. The Balaban J connectivity index is 1.38. The van der Waals surface area contributed by atoms with E-state index in [4.69, 9.17) is 0 Å². The summed E-state index contributed by atoms with van der Waals surface area (Å²) >= 11 is 0. The van der Waals surface area contributed by atoms with Crippen LogP contribution in [-0.4, -0.2) is 63.5 Å². The molecule has 2 aromatic carbocycles. The van der Waals surface area contributed by atoms with Gasteiger partial charge in [0.05, 0.1) is 29.8 Å². The van der Waals surface area contributed by atoms with E-state index in [0.717, 1.165) is 24.1 Å². The third-order valence-corrected chi connectivity index (χ3v) is 8.19. The number of nitrogens with zero attached hydrogens (tertiary/aromatic N) is 4. The van der Waals surface area contributed by atoms with Crippen LogP contribution in [0.5, 0.6) is 0 Å². The zero-order valence-electron chi connectivity index (χ0n) is 22.2. The zero-order chi connectivity index (χ0) is 28.6. The minimum atomic E-state index is -2.08. The third kappa shape index (κ3) is 4.75. The topological polar surface area (TPSA) is 145 Å². The summed E-state index contributed by atoms with van der Waals surface area (Å²) in [6, 6.07) is 11.0. The smallest absolute Gasteiger partial charge is 0.269 e. The summed E-state index contributed by atoms with van der Waals surface area (Å²) in [7, 11) is 0. The van der Waals surface area contributed by atoms with Crippen molar-refractivity contribution in [3.8, 4) is 0 Å². The summed E-state index contributed by atoms with van der Waals surface area (Å²) in [4.78, 5) is 53.9. The van der Waals surface area contributed by atoms with Gasteiger partial charge in [-0.15, -0.1) is 0 Å². The number of rotatable bonds is 9. The molecule has 3 atom stereocenters. The summed E-state index contributed by atoms with van der Waals surface area (Å²) in [5.74, 6) is -1.51. The van der Waals surface area contributed by atoms with Gasteiger partial charge in [-0.1, -0.05) is 31.2 Å². The van der Waals surface area contributed by atoms with Crippen molar-refractivity contribution in [3.05, 3.63) is 75.9 Å². The maximum Gasteiger partial charge on any atom is 0.269 e. The van der Waals surface area contributed by atoms with Crippen LogP contribution in [0.1, 0.15) is 43.7 Å². The Hall–Kier alpha value is -4.09. The van der Waals surface area contributed by atoms with Gasteiger partial charge in [0.1, 0.15) is 0 Å². The van der Waals surface area contributed by atoms with Crippen LogP contribution in [0.15, 0.2) is 54.6 Å². The van der Waals surface area contributed by atoms with E-state index in [-0.39, 0.29) is 48.7 Å². The molecule has 11 nitrogen and oxygen atoms in total. The third-order valence-electron chi connectivity index (χ3n) is 8.19. The molecule has 0 saturated carbocycles. The normalized spacial score (nSPS) is 23.1. The minimum absolute atomic E-state index is 0.0441. The first-order valence-corrected chi connectivity index (χ1v) is 13.4. The van der Waals surface area contributed by atoms with Gasteiger partial charge in [-0.3, -0.25) is 24.5 Å². The highest BCUT2D eigenvalue weighted by molar-refractivity contribution is 6.07. The van der Waals surface area contributed by atoms with E-state index in [1.807, 2.05) is 12.1 Å². The molecule has 3 amide bonds. The maximum absolute atomic E-state index is 13.8. The summed E-state index contributed by atoms with van der Waals surface area (Å²) in [6.07, 6.45) is 5.33. The second-order valence-electron chi connectivity index (χ2n) is 10.6. The second-order valence-corrected chi connectivity index (χ2v) is 10.6. The van der Waals surface area contributed by atoms with Crippen molar-refractivity contribution >= 4 is 34.8 Å². The van der Waals surface area contributed by atoms with Crippen molar-refractivity contribution in [2.24, 2.45) is 5.92 Å². The van der Waals surface area contributed by atoms with Gasteiger partial charge in [0.15, 0.2) is 5.60 Å². The largest absolute Gasteiger partial charge is 0.394 e. The Morgan fingerprint density at radius 1 is 1.20 bits per heavy atom. The first-order chi connectivity index (χ1) is 19.1. The van der Waals surface area contributed by atoms with Crippen LogP contribution in [0.3, 0.4) is 0 Å². The summed E-state index contributed by atoms with van der Waals surface area (Å²) in [6.45, 7) is 2.91. The highest BCUT2D eigenvalue weighted by Gasteiger charge is 2.53. The number of carbonyl (C=O) groups is 3. The number of fused-ring (bicyclic) bond motifs is 1. The lowest BCUT2D eigenvalue weighted by atomic mass is 9.82. The van der Waals surface area contributed by atoms with E-state index in [1.165, 1.54) is 23.1 Å². The molecule has 0 radical (unpaired) electrons. The van der Waals surface area contributed by atoms with Gasteiger partial charge >= 0.3 is 0 Å². The molecule has 3 aliphatic rings. The molecule has 5 rings (SSSR count). The molecule has 0 bridgehead atoms. The molecule has 2 aromatic rings. The van der Waals surface area contributed by atoms with Crippen molar-refractivity contribution < 1.29 is 29.5 Å². The molecule has 0 spiro atoms. The number of hydrogen-bond donors (Lipinski definition) is 2. The lowest BCUT2D eigenvalue weighted by Gasteiger charge is -2.31. The van der Waals surface area contributed by atoms with Crippen LogP contribution in [-0.2, 0) is 26.5 Å². The SMILES string of the molecule is C[C@@H](/C=C/CC(=O)N1CCC[C@H]1CO)[C@]1(O)C(=O)N(Cc2ccc(N3CCC3=O)cc2)c2ccc([N+](=O)[O-])cc21. The standard InChI is InChI=1S/C29H32N4O7/c1-19(4-2-6-26(35)30-14-3-5-23(30)18-34)29(38)24-16-22(33(39)40)11-12-25(24)32(28(29)37)17-20-7-9-21(10-8-20)31-15-13-27(31)36/h2,4,7-12,16,19,23,34,38H,3,5-6,13-15,17-18H2,1H3/b4-2+/t19-,23-,29+/m0/s1. The number of hydrogen-bond acceptors (Lipinski definition) is 7. The van der Waals surface area contributed by atoms with Crippen LogP contribution < -0.4 is 9.80 Å². The van der Waals surface area contributed by atoms with Crippen molar-refractivity contribution in [1.82, 2.24) is 4.90 Å². The van der Waals surface area contributed by atoms with Crippen LogP contribution >= 0.6 is 0 Å². The number of nitro benzene ring substituents is 1. The first kappa shape index (κ1) is 27.5. The van der Waals surface area contributed by atoms with Gasteiger partial charge in [-0.05, 0) is 36.6 Å². The fourth-order valence-electron chi connectivity index (χ4n) is 5.74. The Labute approximate surface area is 231 Å². The Bertz CT molecular complexity index is 1370. The fourth-order valence-corrected chi connectivity index (χ4v) is 5.74. The lowest BCUT2D eigenvalue weighted by Crippen LogP contribution is -2.44. The number of anilines is 2. The van der Waals surface area contributed by atoms with Crippen molar-refractivity contribution in [3.63, 3.8) is 0 Å². The number of non-ortho nitro benzene ring substituents is 1. The Morgan fingerprint density at radius 3 is 2.58 bits per heavy atom. The van der Waals surface area contributed by atoms with Gasteiger partial charge in [-0.25, -0.2) is 0 Å². The average Bonchev–Trinajstić information content (AvgIpc) is 3.51. The molecule has 0 unspecified atom stereocenters. The molecule has 0 aromatic heterocycles. The number of aliphatic hydroxyl groups excluding tert-OH is 1. The van der Waals surface area contributed by atoms with Crippen LogP contribution in [0.4, 0.5) is 17.1 Å². The molecule has 210 valence electrons. The van der Waals surface area contributed by atoms with Gasteiger partial charge in [-0.2, -0.15) is 0 Å². The zero-order valence-corrected chi connectivity index (χ0v) is 22.2. The van der Waals surface area contributed by atoms with Crippen molar-refractivity contribution in [1.29, 1.82) is 0 Å². The van der Waals surface area contributed by atoms with Gasteiger partial charge in [0, 0.05) is 55.2 Å². The highest BCUT2D eigenvalue weighted by Crippen LogP contribution is 2.47. The van der Waals surface area contributed by atoms with E-state index >= 15 is 0 Å². The highest BCUT2D eigenvalue weighted by atomic mass is 16.6. The number of nitro groups is 1. The van der Waals surface area contributed by atoms with E-state index in [9.17, 15) is 34.7 Å². The van der Waals surface area contributed by atoms with Crippen molar-refractivity contribution in [2.45, 2.75) is 50.8 Å². The summed E-state index contributed by atoms with van der Waals surface area (Å²) in [5, 5.41) is 32.9. The van der Waals surface area contributed by atoms with E-state index in [2.05, 4.69) is 0 Å². The minimum Gasteiger partial charge on any atom is -0.394 e. The number of likely N-dealkylation sites (tertiary alicyclic amines) is 1. The van der Waals surface area contributed by atoms with Crippen LogP contribution in [0, 0.1) is 16.0 Å². The van der Waals surface area contributed by atoms with E-state index in [0.29, 0.717) is 25.2 Å². The maximum atomic E-state index is 13.8. The predicted octanol–water partition coefficient (Wildman–Crippen LogP) is 2.63. The Morgan fingerprint density at radius 2 is 1.95 bits per heavy atom. The molecule has 2 N–H and O–H groups in total. The number of aliphatic hydroxyl groups is 2.